The van der Waals surface area contributed by atoms with Crippen molar-refractivity contribution in [3.05, 3.63) is 0 Å². The Morgan fingerprint density at radius 3 is 1.43 bits per heavy atom. The average molecular weight is 208 g/mol. The van der Waals surface area contributed by atoms with Crippen LogP contribution in [0.4, 0.5) is 0 Å². The molecule has 7 heteroatoms. The van der Waals surface area contributed by atoms with Crippen LogP contribution in [0.15, 0.2) is 0 Å². The molecule has 0 aliphatic heterocycles. The van der Waals surface area contributed by atoms with Crippen LogP contribution in [0.2, 0.25) is 0 Å². The van der Waals surface area contributed by atoms with E-state index >= 15 is 0 Å². The van der Waals surface area contributed by atoms with Gasteiger partial charge in [-0.3, -0.25) is 0 Å². The maximum absolute atomic E-state index is 8.52. The second kappa shape index (κ2) is 15.7. The summed E-state index contributed by atoms with van der Waals surface area (Å²) in [6, 6.07) is 0. The predicted octanol–water partition coefficient (Wildman–Crippen LogP) is -5.40. The molecule has 0 aromatic heterocycles. The third-order valence-corrected chi connectivity index (χ3v) is 0. The van der Waals surface area contributed by atoms with Crippen LogP contribution in [0.5, 0.6) is 0 Å². The van der Waals surface area contributed by atoms with Crippen molar-refractivity contribution in [2.45, 2.75) is 0 Å². The monoisotopic (exact) mass is 207 g/mol. The van der Waals surface area contributed by atoms with Crippen LogP contribution in [0.1, 0.15) is 1.43 Å². The van der Waals surface area contributed by atoms with E-state index in [-0.39, 0.29) is 60.5 Å². The Kier molecular flexibility index (Phi) is 51.6. The summed E-state index contributed by atoms with van der Waals surface area (Å²) in [5.74, 6) is 0. The molecule has 0 aromatic carbocycles. The second-order valence-electron chi connectivity index (χ2n) is 0.201. The fraction of sp³-hybridized carbons (Fsp3) is 0. The summed E-state index contributed by atoms with van der Waals surface area (Å²) in [4.78, 5) is 0. The minimum Gasteiger partial charge on any atom is -1.00 e. The summed E-state index contributed by atoms with van der Waals surface area (Å²) in [6.45, 7) is 0. The van der Waals surface area contributed by atoms with Crippen LogP contribution >= 0.6 is 12.4 Å². The van der Waals surface area contributed by atoms with Gasteiger partial charge in [0.2, 0.25) is 0 Å². The molecule has 0 saturated carbocycles. The van der Waals surface area contributed by atoms with Crippen molar-refractivity contribution < 1.29 is 72.8 Å². The Morgan fingerprint density at radius 2 is 1.43 bits per heavy atom. The van der Waals surface area contributed by atoms with Crippen molar-refractivity contribution in [2.24, 2.45) is 0 Å². The Labute approximate surface area is 84.5 Å². The molecule has 0 heterocycles. The van der Waals surface area contributed by atoms with E-state index in [1.807, 2.05) is 0 Å². The van der Waals surface area contributed by atoms with Crippen molar-refractivity contribution in [1.29, 1.82) is 0 Å². The first-order chi connectivity index (χ1) is 1.73. The molecule has 0 aliphatic rings. The molecule has 0 saturated heterocycles. The molecule has 0 rings (SSSR count). The Hall–Kier alpha value is 1.98. The van der Waals surface area contributed by atoms with Gasteiger partial charge in [-0.05, 0) is 0 Å². The van der Waals surface area contributed by atoms with E-state index in [2.05, 4.69) is 0 Å². The Bertz CT molecular complexity index is 22.0. The maximum atomic E-state index is 8.52. The van der Waals surface area contributed by atoms with E-state index in [9.17, 15) is 0 Å². The minimum absolute atomic E-state index is 0. The van der Waals surface area contributed by atoms with Crippen LogP contribution in [0, 0.1) is 10.8 Å². The molecule has 0 aromatic rings. The zero-order valence-corrected chi connectivity index (χ0v) is 7.87. The van der Waals surface area contributed by atoms with Gasteiger partial charge in [0.15, 0.2) is 0 Å². The molecular formula is H3Cl2CuNaO3. The molecule has 0 bridgehead atoms. The summed E-state index contributed by atoms with van der Waals surface area (Å²) >= 11 is 0. The molecule has 3 nitrogen and oxygen atoms in total. The van der Waals surface area contributed by atoms with Gasteiger partial charge < -0.3 is 10.7 Å². The quantitative estimate of drug-likeness (QED) is 0.404. The van der Waals surface area contributed by atoms with Gasteiger partial charge in [0.25, 0.3) is 10.8 Å². The Balaban J connectivity index is -0.00000000750. The van der Waals surface area contributed by atoms with Crippen molar-refractivity contribution in [3.63, 3.8) is 0 Å². The SMILES string of the molecule is Cl.[Cu].[H-].[Na+].[O-][Cl+2]([O-])O. The molecule has 7 heavy (non-hydrogen) atoms. The van der Waals surface area contributed by atoms with Crippen LogP contribution in [-0.4, -0.2) is 4.66 Å². The molecule has 0 fully saturated rings. The standard InChI is InChI=1S/ClHO3.ClH.Cu.Na.H/c2-1(3)4;;;;/h2H;1H;;;/q;;;+1;-1. The molecule has 0 amide bonds. The Morgan fingerprint density at radius 1 is 1.43 bits per heavy atom. The maximum Gasteiger partial charge on any atom is 1.00 e. The third kappa shape index (κ3) is 72.8. The largest absolute Gasteiger partial charge is 1.00 e. The van der Waals surface area contributed by atoms with Crippen LogP contribution in [-0.2, 0) is 17.1 Å². The van der Waals surface area contributed by atoms with E-state index < -0.39 is 10.8 Å². The number of halogens is 2. The fourth-order valence-electron chi connectivity index (χ4n) is 0. The molecule has 0 unspecified atom stereocenters. The van der Waals surface area contributed by atoms with Gasteiger partial charge in [-0.25, -0.2) is 0 Å². The van der Waals surface area contributed by atoms with E-state index in [4.69, 9.17) is 14.0 Å². The first-order valence-electron chi connectivity index (χ1n) is 0.478. The molecule has 0 aliphatic carbocycles. The second-order valence-corrected chi connectivity index (χ2v) is 0.603. The zero-order valence-electron chi connectivity index (χ0n) is 4.35. The van der Waals surface area contributed by atoms with Crippen molar-refractivity contribution in [2.75, 3.05) is 0 Å². The van der Waals surface area contributed by atoms with Crippen molar-refractivity contribution >= 4 is 12.4 Å². The van der Waals surface area contributed by atoms with Gasteiger partial charge in [0.1, 0.15) is 0 Å². The summed E-state index contributed by atoms with van der Waals surface area (Å²) < 4.78 is 24.0. The summed E-state index contributed by atoms with van der Waals surface area (Å²) in [5.41, 5.74) is 0. The number of rotatable bonds is 0. The van der Waals surface area contributed by atoms with E-state index in [1.54, 1.807) is 0 Å². The summed E-state index contributed by atoms with van der Waals surface area (Å²) in [6.07, 6.45) is 0. The third-order valence-electron chi connectivity index (χ3n) is 0. The van der Waals surface area contributed by atoms with Gasteiger partial charge in [0, 0.05) is 21.7 Å². The average Bonchev–Trinajstić information content (AvgIpc) is 0.811. The fourth-order valence-corrected chi connectivity index (χ4v) is 0. The molecule has 47 valence electrons. The van der Waals surface area contributed by atoms with E-state index in [1.165, 1.54) is 0 Å². The molecular weight excluding hydrogens is 205 g/mol. The van der Waals surface area contributed by atoms with Crippen LogP contribution in [0.25, 0.3) is 0 Å². The normalized spacial score (nSPS) is 5.14. The zero-order chi connectivity index (χ0) is 3.58. The molecule has 0 spiro atoms. The topological polar surface area (TPSA) is 66.3 Å². The molecule has 0 atom stereocenters. The van der Waals surface area contributed by atoms with Crippen LogP contribution < -0.4 is 38.9 Å². The van der Waals surface area contributed by atoms with Crippen molar-refractivity contribution in [1.82, 2.24) is 0 Å². The molecule has 1 N–H and O–H groups in total. The molecule has 1 radical (unpaired) electrons. The van der Waals surface area contributed by atoms with Crippen molar-refractivity contribution in [3.8, 4) is 0 Å². The predicted molar refractivity (Wildman–Crippen MR) is 10.6 cm³/mol. The van der Waals surface area contributed by atoms with Gasteiger partial charge in [-0.2, -0.15) is 0 Å². The minimum atomic E-state index is -2.60. The first kappa shape index (κ1) is 23.1. The van der Waals surface area contributed by atoms with E-state index in [0.29, 0.717) is 0 Å². The van der Waals surface area contributed by atoms with Gasteiger partial charge in [-0.15, -0.1) is 12.4 Å². The van der Waals surface area contributed by atoms with Gasteiger partial charge in [0.05, 0.1) is 0 Å². The summed E-state index contributed by atoms with van der Waals surface area (Å²) in [5, 5.41) is 0. The van der Waals surface area contributed by atoms with Crippen LogP contribution in [0.3, 0.4) is 0 Å². The van der Waals surface area contributed by atoms with Gasteiger partial charge >= 0.3 is 29.6 Å². The smallest absolute Gasteiger partial charge is 1.00 e. The number of hydrogen-bond donors (Lipinski definition) is 1. The van der Waals surface area contributed by atoms with Gasteiger partial charge in [-0.1, -0.05) is 0 Å². The number of hydrogen-bond acceptors (Lipinski definition) is 3. The first-order valence-corrected chi connectivity index (χ1v) is 1.43. The summed E-state index contributed by atoms with van der Waals surface area (Å²) in [7, 11) is -2.60. The van der Waals surface area contributed by atoms with E-state index in [0.717, 1.165) is 0 Å².